The smallest absolute Gasteiger partial charge is 0.107 e. The van der Waals surface area contributed by atoms with Crippen molar-refractivity contribution in [3.63, 3.8) is 0 Å². The van der Waals surface area contributed by atoms with Crippen molar-refractivity contribution >= 4 is 11.4 Å². The zero-order chi connectivity index (χ0) is 20.3. The molecule has 5 rings (SSSR count). The van der Waals surface area contributed by atoms with E-state index in [9.17, 15) is 5.11 Å². The molecule has 1 aromatic carbocycles. The molecule has 0 bridgehead atoms. The fourth-order valence-electron chi connectivity index (χ4n) is 5.93. The zero-order valence-corrected chi connectivity index (χ0v) is 18.0. The van der Waals surface area contributed by atoms with E-state index in [2.05, 4.69) is 69.9 Å². The van der Waals surface area contributed by atoms with Gasteiger partial charge in [0.15, 0.2) is 0 Å². The number of benzene rings is 1. The summed E-state index contributed by atoms with van der Waals surface area (Å²) < 4.78 is 0. The number of fused-ring (bicyclic) bond motifs is 5. The van der Waals surface area contributed by atoms with Crippen LogP contribution in [0.3, 0.4) is 0 Å². The minimum absolute atomic E-state index is 0.112. The molecule has 1 aromatic rings. The summed E-state index contributed by atoms with van der Waals surface area (Å²) in [6, 6.07) is 9.55. The predicted octanol–water partition coefficient (Wildman–Crippen LogP) is 2.49. The second kappa shape index (κ2) is 6.81. The lowest BCUT2D eigenvalue weighted by molar-refractivity contribution is -0.0206. The molecule has 3 unspecified atom stereocenters. The number of nitrogens with zero attached hydrogens (tertiary/aromatic N) is 2. The highest BCUT2D eigenvalue weighted by molar-refractivity contribution is 5.77. The van der Waals surface area contributed by atoms with E-state index in [-0.39, 0.29) is 18.2 Å². The van der Waals surface area contributed by atoms with Gasteiger partial charge in [0.2, 0.25) is 0 Å². The molecule has 0 spiro atoms. The molecule has 0 aromatic heterocycles. The van der Waals surface area contributed by atoms with Crippen LogP contribution in [-0.4, -0.2) is 53.1 Å². The van der Waals surface area contributed by atoms with Gasteiger partial charge in [0.25, 0.3) is 0 Å². The Balaban J connectivity index is 1.47. The molecule has 0 aliphatic carbocycles. The molecule has 2 saturated heterocycles. The standard InChI is InChI=1S/C23H35N5O/c1-14-12-27(13-15(2)24-14)20-10-9-16-11-17(23(3,4)29)22-25-18-7-5-6-8-19(18)28(22)21(16)26-20/h5-8,10,14-17,21-22,24-26,29H,9,11-13H2,1-4H3/t14-,15+,16?,17-,21?,22?/m1/s1. The number of para-hydroxylation sites is 2. The van der Waals surface area contributed by atoms with Crippen molar-refractivity contribution in [2.75, 3.05) is 23.3 Å². The van der Waals surface area contributed by atoms with E-state index >= 15 is 0 Å². The third kappa shape index (κ3) is 3.26. The molecule has 0 saturated carbocycles. The van der Waals surface area contributed by atoms with E-state index in [1.54, 1.807) is 0 Å². The van der Waals surface area contributed by atoms with Crippen molar-refractivity contribution in [1.29, 1.82) is 0 Å². The molecule has 158 valence electrons. The minimum atomic E-state index is -0.726. The average Bonchev–Trinajstić information content (AvgIpc) is 3.05. The van der Waals surface area contributed by atoms with Gasteiger partial charge < -0.3 is 30.9 Å². The van der Waals surface area contributed by atoms with E-state index in [0.717, 1.165) is 25.9 Å². The first-order chi connectivity index (χ1) is 13.8. The van der Waals surface area contributed by atoms with E-state index in [1.807, 2.05) is 13.8 Å². The largest absolute Gasteiger partial charge is 0.390 e. The molecule has 4 aliphatic heterocycles. The topological polar surface area (TPSA) is 62.8 Å². The van der Waals surface area contributed by atoms with Gasteiger partial charge in [0.05, 0.1) is 22.8 Å². The molecule has 29 heavy (non-hydrogen) atoms. The number of hydrogen-bond acceptors (Lipinski definition) is 6. The summed E-state index contributed by atoms with van der Waals surface area (Å²) in [5.74, 6) is 1.93. The number of piperidine rings is 1. The van der Waals surface area contributed by atoms with Gasteiger partial charge in [-0.05, 0) is 58.7 Å². The van der Waals surface area contributed by atoms with Gasteiger partial charge in [0.1, 0.15) is 12.3 Å². The first kappa shape index (κ1) is 19.1. The quantitative estimate of drug-likeness (QED) is 0.615. The van der Waals surface area contributed by atoms with Crippen LogP contribution in [0.25, 0.3) is 0 Å². The van der Waals surface area contributed by atoms with Crippen molar-refractivity contribution in [3.05, 3.63) is 36.2 Å². The summed E-state index contributed by atoms with van der Waals surface area (Å²) in [6.45, 7) is 10.5. The Kier molecular flexibility index (Phi) is 4.48. The van der Waals surface area contributed by atoms with Crippen molar-refractivity contribution in [3.8, 4) is 0 Å². The molecule has 6 nitrogen and oxygen atoms in total. The van der Waals surface area contributed by atoms with Gasteiger partial charge in [-0.25, -0.2) is 0 Å². The molecule has 6 atom stereocenters. The number of aliphatic hydroxyl groups is 1. The highest BCUT2D eigenvalue weighted by Crippen LogP contribution is 2.48. The van der Waals surface area contributed by atoms with Gasteiger partial charge in [-0.3, -0.25) is 0 Å². The van der Waals surface area contributed by atoms with Crippen LogP contribution in [0.2, 0.25) is 0 Å². The highest BCUT2D eigenvalue weighted by atomic mass is 16.3. The van der Waals surface area contributed by atoms with Crippen molar-refractivity contribution in [2.45, 2.75) is 70.6 Å². The summed E-state index contributed by atoms with van der Waals surface area (Å²) >= 11 is 0. The SMILES string of the molecule is C[C@@H]1CN(C2=CCC3C[C@@H](C(C)(C)O)C4Nc5ccccc5N4C3N2)C[C@H](C)N1. The number of rotatable bonds is 2. The van der Waals surface area contributed by atoms with Crippen LogP contribution in [0, 0.1) is 11.8 Å². The van der Waals surface area contributed by atoms with Gasteiger partial charge in [-0.2, -0.15) is 0 Å². The molecule has 2 fully saturated rings. The van der Waals surface area contributed by atoms with Crippen molar-refractivity contribution in [1.82, 2.24) is 15.5 Å². The number of piperazine rings is 1. The maximum atomic E-state index is 11.0. The maximum Gasteiger partial charge on any atom is 0.107 e. The van der Waals surface area contributed by atoms with Crippen LogP contribution in [0.15, 0.2) is 36.2 Å². The monoisotopic (exact) mass is 397 g/mol. The number of anilines is 2. The summed E-state index contributed by atoms with van der Waals surface area (Å²) in [5.41, 5.74) is 1.70. The third-order valence-corrected chi connectivity index (χ3v) is 7.18. The fourth-order valence-corrected chi connectivity index (χ4v) is 5.93. The lowest BCUT2D eigenvalue weighted by Crippen LogP contribution is -2.66. The minimum Gasteiger partial charge on any atom is -0.390 e. The molecule has 6 heteroatoms. The Hall–Kier alpha value is -1.92. The van der Waals surface area contributed by atoms with Crippen LogP contribution in [0.4, 0.5) is 11.4 Å². The summed E-state index contributed by atoms with van der Waals surface area (Å²) in [4.78, 5) is 5.02. The van der Waals surface area contributed by atoms with Crippen molar-refractivity contribution < 1.29 is 5.11 Å². The van der Waals surface area contributed by atoms with Gasteiger partial charge in [-0.15, -0.1) is 0 Å². The summed E-state index contributed by atoms with van der Waals surface area (Å²) in [5, 5.41) is 22.2. The average molecular weight is 398 g/mol. The van der Waals surface area contributed by atoms with Crippen LogP contribution < -0.4 is 20.9 Å². The van der Waals surface area contributed by atoms with Crippen LogP contribution >= 0.6 is 0 Å². The normalized spacial score (nSPS) is 36.4. The fraction of sp³-hybridized carbons (Fsp3) is 0.652. The summed E-state index contributed by atoms with van der Waals surface area (Å²) in [7, 11) is 0. The number of allylic oxidation sites excluding steroid dienone is 1. The molecule has 0 amide bonds. The van der Waals surface area contributed by atoms with Crippen LogP contribution in [0.1, 0.15) is 40.5 Å². The lowest BCUT2D eigenvalue weighted by atomic mass is 9.74. The molecule has 0 radical (unpaired) electrons. The third-order valence-electron chi connectivity index (χ3n) is 7.18. The van der Waals surface area contributed by atoms with E-state index in [4.69, 9.17) is 0 Å². The zero-order valence-electron chi connectivity index (χ0n) is 18.0. The summed E-state index contributed by atoms with van der Waals surface area (Å²) in [6.07, 6.45) is 4.82. The van der Waals surface area contributed by atoms with Gasteiger partial charge >= 0.3 is 0 Å². The second-order valence-electron chi connectivity index (χ2n) is 10.1. The Morgan fingerprint density at radius 2 is 1.76 bits per heavy atom. The van der Waals surface area contributed by atoms with Crippen molar-refractivity contribution in [2.24, 2.45) is 11.8 Å². The Bertz CT molecular complexity index is 793. The number of hydrogen-bond donors (Lipinski definition) is 4. The Morgan fingerprint density at radius 3 is 2.48 bits per heavy atom. The first-order valence-electron chi connectivity index (χ1n) is 11.1. The van der Waals surface area contributed by atoms with Crippen LogP contribution in [-0.2, 0) is 0 Å². The Morgan fingerprint density at radius 1 is 1.03 bits per heavy atom. The lowest BCUT2D eigenvalue weighted by Gasteiger charge is -2.53. The number of nitrogens with one attached hydrogen (secondary N) is 3. The Labute approximate surface area is 174 Å². The molecular weight excluding hydrogens is 362 g/mol. The van der Waals surface area contributed by atoms with Crippen LogP contribution in [0.5, 0.6) is 0 Å². The highest BCUT2D eigenvalue weighted by Gasteiger charge is 2.51. The molecular formula is C23H35N5O. The van der Waals surface area contributed by atoms with Gasteiger partial charge in [0, 0.05) is 37.0 Å². The van der Waals surface area contributed by atoms with Gasteiger partial charge in [-0.1, -0.05) is 12.1 Å². The predicted molar refractivity (Wildman–Crippen MR) is 117 cm³/mol. The first-order valence-corrected chi connectivity index (χ1v) is 11.1. The van der Waals surface area contributed by atoms with E-state index in [1.165, 1.54) is 17.2 Å². The van der Waals surface area contributed by atoms with E-state index < -0.39 is 5.60 Å². The van der Waals surface area contributed by atoms with E-state index in [0.29, 0.717) is 18.0 Å². The molecule has 4 aliphatic rings. The molecule has 4 N–H and O–H groups in total. The molecule has 4 heterocycles. The maximum absolute atomic E-state index is 11.0. The second-order valence-corrected chi connectivity index (χ2v) is 10.1.